The van der Waals surface area contributed by atoms with E-state index in [1.807, 2.05) is 0 Å². The second kappa shape index (κ2) is 7.81. The van der Waals surface area contributed by atoms with Crippen LogP contribution < -0.4 is 5.32 Å². The van der Waals surface area contributed by atoms with E-state index in [2.05, 4.69) is 43.4 Å². The van der Waals surface area contributed by atoms with Gasteiger partial charge in [0.1, 0.15) is 0 Å². The number of nitrogens with one attached hydrogen (secondary N) is 1. The predicted molar refractivity (Wildman–Crippen MR) is 90.4 cm³/mol. The summed E-state index contributed by atoms with van der Waals surface area (Å²) in [4.78, 5) is 24.2. The molecule has 0 atom stereocenters. The van der Waals surface area contributed by atoms with Gasteiger partial charge in [0.25, 0.3) is 0 Å². The van der Waals surface area contributed by atoms with E-state index >= 15 is 0 Å². The topological polar surface area (TPSA) is 69.6 Å². The smallest absolute Gasteiger partial charge is 0.317 e. The Labute approximate surface area is 137 Å². The zero-order valence-corrected chi connectivity index (χ0v) is 13.8. The Hall–Kier alpha value is -2.30. The molecule has 2 N–H and O–H groups in total. The molecule has 1 heterocycles. The van der Waals surface area contributed by atoms with Crippen LogP contribution in [0, 0.1) is 13.8 Å². The summed E-state index contributed by atoms with van der Waals surface area (Å²) in [5.41, 5.74) is 5.02. The van der Waals surface area contributed by atoms with E-state index in [-0.39, 0.29) is 12.5 Å². The Morgan fingerprint density at radius 2 is 1.91 bits per heavy atom. The lowest BCUT2D eigenvalue weighted by molar-refractivity contribution is -0.137. The Bertz CT molecular complexity index is 602. The summed E-state index contributed by atoms with van der Waals surface area (Å²) in [5, 5.41) is 11.3. The molecule has 0 fully saturated rings. The number of aliphatic carboxylic acids is 1. The second-order valence-electron chi connectivity index (χ2n) is 6.03. The van der Waals surface area contributed by atoms with E-state index < -0.39 is 5.97 Å². The third-order valence-corrected chi connectivity index (χ3v) is 3.93. The van der Waals surface area contributed by atoms with Gasteiger partial charge in [-0.05, 0) is 37.8 Å². The Morgan fingerprint density at radius 3 is 2.48 bits per heavy atom. The molecule has 1 aliphatic heterocycles. The molecule has 0 radical (unpaired) electrons. The van der Waals surface area contributed by atoms with Crippen molar-refractivity contribution >= 4 is 17.6 Å². The molecule has 0 aromatic heterocycles. The van der Waals surface area contributed by atoms with Gasteiger partial charge in [-0.15, -0.1) is 0 Å². The number of carbonyl (C=O) groups excluding carboxylic acids is 1. The molecule has 1 aliphatic rings. The van der Waals surface area contributed by atoms with Gasteiger partial charge in [-0.1, -0.05) is 35.4 Å². The van der Waals surface area contributed by atoms with Crippen LogP contribution in [0.1, 0.15) is 36.0 Å². The molecule has 124 valence electrons. The minimum Gasteiger partial charge on any atom is -0.481 e. The molecule has 2 amide bonds. The minimum atomic E-state index is -0.835. The fourth-order valence-electron chi connectivity index (χ4n) is 2.82. The number of hydrogen-bond acceptors (Lipinski definition) is 2. The standard InChI is InChI=1S/C18H24N2O3/c1-13-10-14(2)12-16(11-13)15-5-8-20(9-6-15)18(23)19-7-3-4-17(21)22/h5,10-12H,3-4,6-9H2,1-2H3,(H,19,23)(H,21,22). The van der Waals surface area contributed by atoms with Gasteiger partial charge < -0.3 is 15.3 Å². The quantitative estimate of drug-likeness (QED) is 0.821. The lowest BCUT2D eigenvalue weighted by Crippen LogP contribution is -2.42. The molecule has 0 spiro atoms. The number of carbonyl (C=O) groups is 2. The fourth-order valence-corrected chi connectivity index (χ4v) is 2.82. The number of hydrogen-bond donors (Lipinski definition) is 2. The van der Waals surface area contributed by atoms with Crippen LogP contribution in [-0.4, -0.2) is 41.6 Å². The van der Waals surface area contributed by atoms with E-state index in [0.717, 1.165) is 6.42 Å². The van der Waals surface area contributed by atoms with Crippen molar-refractivity contribution in [1.82, 2.24) is 10.2 Å². The van der Waals surface area contributed by atoms with Gasteiger partial charge in [0.15, 0.2) is 0 Å². The molecule has 1 aromatic carbocycles. The first kappa shape index (κ1) is 17.1. The number of carboxylic acid groups (broad SMARTS) is 1. The first-order valence-corrected chi connectivity index (χ1v) is 7.98. The molecule has 5 heteroatoms. The highest BCUT2D eigenvalue weighted by Gasteiger charge is 2.17. The van der Waals surface area contributed by atoms with Crippen molar-refractivity contribution in [2.45, 2.75) is 33.1 Å². The molecule has 23 heavy (non-hydrogen) atoms. The highest BCUT2D eigenvalue weighted by molar-refractivity contribution is 5.77. The van der Waals surface area contributed by atoms with Crippen LogP contribution in [-0.2, 0) is 4.79 Å². The SMILES string of the molecule is Cc1cc(C)cc(C2=CCN(C(=O)NCCCC(=O)O)CC2)c1. The van der Waals surface area contributed by atoms with Gasteiger partial charge in [0.05, 0.1) is 0 Å². The van der Waals surface area contributed by atoms with E-state index in [1.165, 1.54) is 22.3 Å². The van der Waals surface area contributed by atoms with Crippen LogP contribution >= 0.6 is 0 Å². The number of urea groups is 1. The van der Waals surface area contributed by atoms with Crippen LogP contribution in [0.5, 0.6) is 0 Å². The summed E-state index contributed by atoms with van der Waals surface area (Å²) in [7, 11) is 0. The number of rotatable bonds is 5. The molecular weight excluding hydrogens is 292 g/mol. The second-order valence-corrected chi connectivity index (χ2v) is 6.03. The van der Waals surface area contributed by atoms with Gasteiger partial charge in [-0.3, -0.25) is 4.79 Å². The van der Waals surface area contributed by atoms with Crippen molar-refractivity contribution in [3.63, 3.8) is 0 Å². The summed E-state index contributed by atoms with van der Waals surface area (Å²) < 4.78 is 0. The maximum Gasteiger partial charge on any atom is 0.317 e. The van der Waals surface area contributed by atoms with Crippen molar-refractivity contribution in [2.75, 3.05) is 19.6 Å². The van der Waals surface area contributed by atoms with Crippen molar-refractivity contribution < 1.29 is 14.7 Å². The number of aryl methyl sites for hydroxylation is 2. The first-order chi connectivity index (χ1) is 11.0. The summed E-state index contributed by atoms with van der Waals surface area (Å²) in [6.45, 7) is 5.86. The molecular formula is C18H24N2O3. The van der Waals surface area contributed by atoms with Crippen molar-refractivity contribution in [3.05, 3.63) is 41.0 Å². The van der Waals surface area contributed by atoms with E-state index in [1.54, 1.807) is 4.90 Å². The van der Waals surface area contributed by atoms with Crippen molar-refractivity contribution in [2.24, 2.45) is 0 Å². The first-order valence-electron chi connectivity index (χ1n) is 7.98. The van der Waals surface area contributed by atoms with Crippen molar-refractivity contribution in [1.29, 1.82) is 0 Å². The molecule has 1 aromatic rings. The maximum absolute atomic E-state index is 12.0. The lowest BCUT2D eigenvalue weighted by Gasteiger charge is -2.27. The summed E-state index contributed by atoms with van der Waals surface area (Å²) in [6.07, 6.45) is 3.48. The van der Waals surface area contributed by atoms with E-state index in [4.69, 9.17) is 5.11 Å². The average molecular weight is 316 g/mol. The van der Waals surface area contributed by atoms with Gasteiger partial charge in [0.2, 0.25) is 0 Å². The normalized spacial score (nSPS) is 14.3. The highest BCUT2D eigenvalue weighted by Crippen LogP contribution is 2.24. The molecule has 5 nitrogen and oxygen atoms in total. The van der Waals surface area contributed by atoms with Gasteiger partial charge in [-0.2, -0.15) is 0 Å². The Morgan fingerprint density at radius 1 is 1.22 bits per heavy atom. The van der Waals surface area contributed by atoms with E-state index in [9.17, 15) is 9.59 Å². The zero-order chi connectivity index (χ0) is 16.8. The van der Waals surface area contributed by atoms with Gasteiger partial charge in [0, 0.05) is 26.1 Å². The van der Waals surface area contributed by atoms with Crippen LogP contribution in [0.4, 0.5) is 4.79 Å². The summed E-state index contributed by atoms with van der Waals surface area (Å²) in [5.74, 6) is -0.835. The maximum atomic E-state index is 12.0. The molecule has 0 unspecified atom stereocenters. The number of nitrogens with zero attached hydrogens (tertiary/aromatic N) is 1. The highest BCUT2D eigenvalue weighted by atomic mass is 16.4. The summed E-state index contributed by atoms with van der Waals surface area (Å²) in [6, 6.07) is 6.40. The van der Waals surface area contributed by atoms with Gasteiger partial charge in [-0.25, -0.2) is 4.79 Å². The lowest BCUT2D eigenvalue weighted by atomic mass is 9.96. The molecule has 2 rings (SSSR count). The van der Waals surface area contributed by atoms with Gasteiger partial charge >= 0.3 is 12.0 Å². The molecule has 0 bridgehead atoms. The third kappa shape index (κ3) is 5.13. The predicted octanol–water partition coefficient (Wildman–Crippen LogP) is 2.97. The fraction of sp³-hybridized carbons (Fsp3) is 0.444. The Balaban J connectivity index is 1.87. The molecule has 0 saturated carbocycles. The van der Waals surface area contributed by atoms with Crippen LogP contribution in [0.2, 0.25) is 0 Å². The minimum absolute atomic E-state index is 0.0804. The Kier molecular flexibility index (Phi) is 5.79. The molecule has 0 aliphatic carbocycles. The average Bonchev–Trinajstić information content (AvgIpc) is 2.50. The summed E-state index contributed by atoms with van der Waals surface area (Å²) >= 11 is 0. The largest absolute Gasteiger partial charge is 0.481 e. The monoisotopic (exact) mass is 316 g/mol. The van der Waals surface area contributed by atoms with Crippen LogP contribution in [0.3, 0.4) is 0 Å². The molecule has 0 saturated heterocycles. The number of benzene rings is 1. The van der Waals surface area contributed by atoms with E-state index in [0.29, 0.717) is 26.1 Å². The van der Waals surface area contributed by atoms with Crippen LogP contribution in [0.15, 0.2) is 24.3 Å². The number of amides is 2. The number of carboxylic acids is 1. The third-order valence-electron chi connectivity index (χ3n) is 3.93. The zero-order valence-electron chi connectivity index (χ0n) is 13.8. The van der Waals surface area contributed by atoms with Crippen LogP contribution in [0.25, 0.3) is 5.57 Å². The van der Waals surface area contributed by atoms with Crippen molar-refractivity contribution in [3.8, 4) is 0 Å².